The zero-order valence-corrected chi connectivity index (χ0v) is 16.7. The fourth-order valence-electron chi connectivity index (χ4n) is 3.30. The van der Waals surface area contributed by atoms with Gasteiger partial charge in [0, 0.05) is 12.6 Å². The molecule has 1 aromatic rings. The maximum Gasteiger partial charge on any atom is 0.128 e. The maximum absolute atomic E-state index is 14.5. The highest BCUT2D eigenvalue weighted by molar-refractivity contribution is 5.83. The fraction of sp³-hybridized carbons (Fsp3) is 0.455. The summed E-state index contributed by atoms with van der Waals surface area (Å²) in [4.78, 5) is 0. The summed E-state index contributed by atoms with van der Waals surface area (Å²) in [5, 5.41) is 6.64. The van der Waals surface area contributed by atoms with Crippen LogP contribution in [0, 0.1) is 12.7 Å². The lowest BCUT2D eigenvalue weighted by molar-refractivity contribution is 0.613. The van der Waals surface area contributed by atoms with Crippen molar-refractivity contribution in [1.29, 1.82) is 0 Å². The largest absolute Gasteiger partial charge is 0.375 e. The second-order valence-corrected chi connectivity index (χ2v) is 7.33. The minimum absolute atomic E-state index is 0.134. The van der Waals surface area contributed by atoms with E-state index in [1.165, 1.54) is 27.9 Å². The molecule has 25 heavy (non-hydrogen) atoms. The Labute approximate surface area is 151 Å². The Hall–Kier alpha value is -2.03. The summed E-state index contributed by atoms with van der Waals surface area (Å²) in [6.07, 6.45) is 5.16. The Kier molecular flexibility index (Phi) is 6.10. The molecule has 0 radical (unpaired) electrons. The summed E-state index contributed by atoms with van der Waals surface area (Å²) in [7, 11) is 1.88. The van der Waals surface area contributed by atoms with Crippen molar-refractivity contribution in [3.05, 3.63) is 57.2 Å². The molecule has 0 aromatic heterocycles. The molecule has 0 heterocycles. The van der Waals surface area contributed by atoms with Gasteiger partial charge in [0.05, 0.1) is 5.69 Å². The zero-order valence-electron chi connectivity index (χ0n) is 16.7. The van der Waals surface area contributed by atoms with E-state index in [2.05, 4.69) is 51.3 Å². The fourth-order valence-corrected chi connectivity index (χ4v) is 3.30. The predicted molar refractivity (Wildman–Crippen MR) is 107 cm³/mol. The molecule has 0 unspecified atom stereocenters. The molecule has 0 saturated heterocycles. The molecule has 1 aliphatic rings. The van der Waals surface area contributed by atoms with Gasteiger partial charge in [-0.15, -0.1) is 0 Å². The van der Waals surface area contributed by atoms with Crippen molar-refractivity contribution in [3.8, 4) is 0 Å². The Bertz CT molecular complexity index is 759. The van der Waals surface area contributed by atoms with Crippen LogP contribution in [0.3, 0.4) is 0 Å². The van der Waals surface area contributed by atoms with Gasteiger partial charge in [0.1, 0.15) is 11.6 Å². The molecule has 136 valence electrons. The van der Waals surface area contributed by atoms with Crippen LogP contribution in [0.25, 0.3) is 5.57 Å². The van der Waals surface area contributed by atoms with Crippen LogP contribution in [-0.4, -0.2) is 7.05 Å². The predicted octanol–water partition coefficient (Wildman–Crippen LogP) is 6.09. The van der Waals surface area contributed by atoms with Crippen LogP contribution in [0.15, 0.2) is 34.7 Å². The molecule has 0 atom stereocenters. The van der Waals surface area contributed by atoms with Gasteiger partial charge in [-0.25, -0.2) is 4.39 Å². The average Bonchev–Trinajstić information content (AvgIpc) is 2.57. The number of rotatable bonds is 4. The molecule has 2 N–H and O–H groups in total. The number of allylic oxidation sites excluding steroid dienone is 5. The third-order valence-corrected chi connectivity index (χ3v) is 5.10. The Morgan fingerprint density at radius 3 is 2.36 bits per heavy atom. The van der Waals surface area contributed by atoms with Crippen molar-refractivity contribution in [2.24, 2.45) is 0 Å². The van der Waals surface area contributed by atoms with Crippen LogP contribution in [0.5, 0.6) is 0 Å². The molecule has 0 saturated carbocycles. The van der Waals surface area contributed by atoms with Gasteiger partial charge >= 0.3 is 0 Å². The van der Waals surface area contributed by atoms with Crippen molar-refractivity contribution in [2.75, 3.05) is 12.4 Å². The number of anilines is 1. The third-order valence-electron chi connectivity index (χ3n) is 5.10. The Morgan fingerprint density at radius 2 is 1.80 bits per heavy atom. The first-order valence-electron chi connectivity index (χ1n) is 9.05. The van der Waals surface area contributed by atoms with E-state index in [4.69, 9.17) is 0 Å². The second kappa shape index (κ2) is 7.90. The van der Waals surface area contributed by atoms with Gasteiger partial charge in [0.2, 0.25) is 0 Å². The van der Waals surface area contributed by atoms with E-state index in [1.807, 2.05) is 14.0 Å². The first-order valence-corrected chi connectivity index (χ1v) is 9.05. The van der Waals surface area contributed by atoms with Crippen LogP contribution in [0.4, 0.5) is 10.1 Å². The van der Waals surface area contributed by atoms with Crippen LogP contribution in [0.1, 0.15) is 64.2 Å². The Morgan fingerprint density at radius 1 is 1.12 bits per heavy atom. The normalized spacial score (nSPS) is 14.1. The van der Waals surface area contributed by atoms with Crippen molar-refractivity contribution < 1.29 is 4.39 Å². The van der Waals surface area contributed by atoms with E-state index in [0.29, 0.717) is 0 Å². The van der Waals surface area contributed by atoms with Gasteiger partial charge in [-0.2, -0.15) is 0 Å². The summed E-state index contributed by atoms with van der Waals surface area (Å²) in [6.45, 7) is 12.5. The standard InChI is InChI=1S/C22H31FN2/c1-13(2)15(5)11-21(24-7)25-20-12-19(23)16(6)18-10-8-9-17(14(3)4)22(18)20/h11-12,24-25H,8-10H2,1-7H3/b21-11+. The molecule has 2 nitrogen and oxygen atoms in total. The van der Waals surface area contributed by atoms with E-state index >= 15 is 0 Å². The number of benzene rings is 1. The average molecular weight is 343 g/mol. The molecule has 0 aliphatic heterocycles. The van der Waals surface area contributed by atoms with Gasteiger partial charge in [-0.05, 0) is 95.2 Å². The summed E-state index contributed by atoms with van der Waals surface area (Å²) in [6, 6.07) is 1.64. The molecule has 0 amide bonds. The number of halogens is 1. The number of nitrogens with one attached hydrogen (secondary N) is 2. The van der Waals surface area contributed by atoms with Gasteiger partial charge in [0.25, 0.3) is 0 Å². The van der Waals surface area contributed by atoms with Crippen LogP contribution in [-0.2, 0) is 6.42 Å². The molecule has 0 fully saturated rings. The second-order valence-electron chi connectivity index (χ2n) is 7.33. The minimum atomic E-state index is -0.134. The number of hydrogen-bond donors (Lipinski definition) is 2. The van der Waals surface area contributed by atoms with Gasteiger partial charge in [-0.1, -0.05) is 11.1 Å². The number of fused-ring (bicyclic) bond motifs is 1. The molecule has 0 bridgehead atoms. The lowest BCUT2D eigenvalue weighted by Crippen LogP contribution is -2.18. The van der Waals surface area contributed by atoms with E-state index in [1.54, 1.807) is 6.07 Å². The SMILES string of the molecule is CN/C(=C\C(C)=C(C)C)Nc1cc(F)c(C)c2c1C(=C(C)C)CCC2. The van der Waals surface area contributed by atoms with E-state index in [-0.39, 0.29) is 5.82 Å². The quantitative estimate of drug-likeness (QED) is 0.647. The molecular formula is C22H31FN2. The van der Waals surface area contributed by atoms with Crippen molar-refractivity contribution in [1.82, 2.24) is 5.32 Å². The zero-order chi connectivity index (χ0) is 18.7. The highest BCUT2D eigenvalue weighted by atomic mass is 19.1. The van der Waals surface area contributed by atoms with Crippen molar-refractivity contribution >= 4 is 11.3 Å². The highest BCUT2D eigenvalue weighted by Crippen LogP contribution is 2.40. The number of hydrogen-bond acceptors (Lipinski definition) is 2. The summed E-state index contributed by atoms with van der Waals surface area (Å²) in [5.41, 5.74) is 9.11. The van der Waals surface area contributed by atoms with Gasteiger partial charge < -0.3 is 10.6 Å². The van der Waals surface area contributed by atoms with E-state index in [0.717, 1.165) is 41.9 Å². The van der Waals surface area contributed by atoms with E-state index < -0.39 is 0 Å². The smallest absolute Gasteiger partial charge is 0.128 e. The first-order chi connectivity index (χ1) is 11.8. The summed E-state index contributed by atoms with van der Waals surface area (Å²) < 4.78 is 14.5. The maximum atomic E-state index is 14.5. The van der Waals surface area contributed by atoms with Crippen LogP contribution < -0.4 is 10.6 Å². The molecule has 3 heteroatoms. The summed E-state index contributed by atoms with van der Waals surface area (Å²) >= 11 is 0. The van der Waals surface area contributed by atoms with E-state index in [9.17, 15) is 4.39 Å². The van der Waals surface area contributed by atoms with Crippen LogP contribution >= 0.6 is 0 Å². The van der Waals surface area contributed by atoms with Crippen molar-refractivity contribution in [3.63, 3.8) is 0 Å². The molecule has 0 spiro atoms. The highest BCUT2D eigenvalue weighted by Gasteiger charge is 2.23. The van der Waals surface area contributed by atoms with Crippen LogP contribution in [0.2, 0.25) is 0 Å². The lowest BCUT2D eigenvalue weighted by atomic mass is 9.82. The topological polar surface area (TPSA) is 24.1 Å². The molecule has 1 aromatic carbocycles. The summed E-state index contributed by atoms with van der Waals surface area (Å²) in [5.74, 6) is 0.744. The monoisotopic (exact) mass is 342 g/mol. The third kappa shape index (κ3) is 4.15. The molecule has 1 aliphatic carbocycles. The van der Waals surface area contributed by atoms with Gasteiger partial charge in [-0.3, -0.25) is 0 Å². The minimum Gasteiger partial charge on any atom is -0.375 e. The first kappa shape index (κ1) is 19.3. The lowest BCUT2D eigenvalue weighted by Gasteiger charge is -2.27. The molecule has 2 rings (SSSR count). The van der Waals surface area contributed by atoms with Gasteiger partial charge in [0.15, 0.2) is 0 Å². The molecular weight excluding hydrogens is 311 g/mol. The van der Waals surface area contributed by atoms with Crippen molar-refractivity contribution in [2.45, 2.75) is 60.8 Å². The Balaban J connectivity index is 2.61.